The Morgan fingerprint density at radius 2 is 1.83 bits per heavy atom. The van der Waals surface area contributed by atoms with Gasteiger partial charge in [0.2, 0.25) is 0 Å². The Balaban J connectivity index is 2.16. The highest BCUT2D eigenvalue weighted by molar-refractivity contribution is 5.89. The molecule has 0 saturated heterocycles. The molecule has 2 N–H and O–H groups in total. The van der Waals surface area contributed by atoms with Crippen LogP contribution in [-0.4, -0.2) is 51.3 Å². The number of nitrogens with zero attached hydrogens (tertiary/aromatic N) is 1. The third kappa shape index (κ3) is 5.65. The van der Waals surface area contributed by atoms with Crippen LogP contribution in [0.5, 0.6) is 0 Å². The average molecular weight is 252 g/mol. The van der Waals surface area contributed by atoms with Gasteiger partial charge in [0, 0.05) is 12.2 Å². The van der Waals surface area contributed by atoms with E-state index in [4.69, 9.17) is 15.2 Å². The highest BCUT2D eigenvalue weighted by atomic mass is 16.6. The molecule has 0 aliphatic carbocycles. The van der Waals surface area contributed by atoms with Gasteiger partial charge in [0.1, 0.15) is 6.61 Å². The maximum atomic E-state index is 11.6. The lowest BCUT2D eigenvalue weighted by molar-refractivity contribution is 0.0299. The van der Waals surface area contributed by atoms with Crippen LogP contribution in [0.4, 0.5) is 5.69 Å². The van der Waals surface area contributed by atoms with Crippen LogP contribution in [0.25, 0.3) is 0 Å². The van der Waals surface area contributed by atoms with E-state index in [1.54, 1.807) is 24.3 Å². The first-order chi connectivity index (χ1) is 8.59. The summed E-state index contributed by atoms with van der Waals surface area (Å²) in [7, 11) is 3.95. The molecule has 1 rings (SSSR count). The zero-order chi connectivity index (χ0) is 13.4. The summed E-state index contributed by atoms with van der Waals surface area (Å²) < 4.78 is 10.4. The number of hydrogen-bond acceptors (Lipinski definition) is 5. The molecule has 0 saturated carbocycles. The van der Waals surface area contributed by atoms with Gasteiger partial charge < -0.3 is 20.1 Å². The number of nitrogens with two attached hydrogens (primary N) is 1. The van der Waals surface area contributed by atoms with Gasteiger partial charge in [-0.2, -0.15) is 0 Å². The van der Waals surface area contributed by atoms with Gasteiger partial charge >= 0.3 is 5.97 Å². The Bertz CT molecular complexity index is 363. The van der Waals surface area contributed by atoms with Crippen LogP contribution >= 0.6 is 0 Å². The van der Waals surface area contributed by atoms with Crippen molar-refractivity contribution in [1.29, 1.82) is 0 Å². The van der Waals surface area contributed by atoms with Crippen molar-refractivity contribution in [2.45, 2.75) is 0 Å². The second-order valence-electron chi connectivity index (χ2n) is 4.17. The molecule has 5 nitrogen and oxygen atoms in total. The molecular formula is C13H20N2O3. The summed E-state index contributed by atoms with van der Waals surface area (Å²) in [5.74, 6) is -0.355. The first kappa shape index (κ1) is 14.5. The van der Waals surface area contributed by atoms with Gasteiger partial charge in [-0.05, 0) is 38.4 Å². The number of anilines is 1. The molecule has 100 valence electrons. The maximum Gasteiger partial charge on any atom is 0.338 e. The van der Waals surface area contributed by atoms with E-state index in [0.717, 1.165) is 6.54 Å². The summed E-state index contributed by atoms with van der Waals surface area (Å²) >= 11 is 0. The van der Waals surface area contributed by atoms with Crippen LogP contribution < -0.4 is 5.73 Å². The third-order valence-electron chi connectivity index (χ3n) is 2.29. The molecule has 0 fully saturated rings. The first-order valence-corrected chi connectivity index (χ1v) is 5.84. The van der Waals surface area contributed by atoms with Gasteiger partial charge in [-0.25, -0.2) is 4.79 Å². The van der Waals surface area contributed by atoms with Crippen molar-refractivity contribution < 1.29 is 14.3 Å². The smallest absolute Gasteiger partial charge is 0.338 e. The largest absolute Gasteiger partial charge is 0.460 e. The molecule has 18 heavy (non-hydrogen) atoms. The maximum absolute atomic E-state index is 11.6. The lowest BCUT2D eigenvalue weighted by Crippen LogP contribution is -2.19. The summed E-state index contributed by atoms with van der Waals surface area (Å²) in [5.41, 5.74) is 6.65. The van der Waals surface area contributed by atoms with Gasteiger partial charge in [0.25, 0.3) is 0 Å². The fourth-order valence-electron chi connectivity index (χ4n) is 1.25. The predicted molar refractivity (Wildman–Crippen MR) is 70.5 cm³/mol. The molecule has 0 unspecified atom stereocenters. The fraction of sp³-hybridized carbons (Fsp3) is 0.462. The number of nitrogen functional groups attached to an aromatic ring is 1. The highest BCUT2D eigenvalue weighted by Crippen LogP contribution is 2.06. The van der Waals surface area contributed by atoms with Crippen molar-refractivity contribution in [2.24, 2.45) is 0 Å². The molecule has 0 aromatic heterocycles. The first-order valence-electron chi connectivity index (χ1n) is 5.84. The summed E-state index contributed by atoms with van der Waals surface area (Å²) in [4.78, 5) is 13.6. The number of likely N-dealkylation sites (N-methyl/N-ethyl adjacent to an activating group) is 1. The molecule has 0 amide bonds. The molecule has 0 bridgehead atoms. The number of carbonyl (C=O) groups is 1. The molecule has 5 heteroatoms. The van der Waals surface area contributed by atoms with E-state index in [0.29, 0.717) is 24.5 Å². The lowest BCUT2D eigenvalue weighted by Gasteiger charge is -2.10. The van der Waals surface area contributed by atoms with E-state index < -0.39 is 0 Å². The highest BCUT2D eigenvalue weighted by Gasteiger charge is 2.05. The van der Waals surface area contributed by atoms with Crippen molar-refractivity contribution in [3.8, 4) is 0 Å². The quantitative estimate of drug-likeness (QED) is 0.445. The summed E-state index contributed by atoms with van der Waals surface area (Å²) in [5, 5.41) is 0. The molecule has 0 spiro atoms. The minimum atomic E-state index is -0.355. The minimum absolute atomic E-state index is 0.261. The number of carbonyl (C=O) groups excluding carboxylic acids is 1. The molecule has 0 radical (unpaired) electrons. The Hall–Kier alpha value is -1.59. The SMILES string of the molecule is CN(C)CCOCCOC(=O)c1ccc(N)cc1. The van der Waals surface area contributed by atoms with Crippen LogP contribution in [0, 0.1) is 0 Å². The van der Waals surface area contributed by atoms with Crippen molar-refractivity contribution >= 4 is 11.7 Å². The van der Waals surface area contributed by atoms with Crippen LogP contribution in [0.2, 0.25) is 0 Å². The third-order valence-corrected chi connectivity index (χ3v) is 2.29. The Kier molecular flexibility index (Phi) is 6.18. The van der Waals surface area contributed by atoms with Crippen molar-refractivity contribution in [2.75, 3.05) is 46.2 Å². The number of ether oxygens (including phenoxy) is 2. The lowest BCUT2D eigenvalue weighted by atomic mass is 10.2. The standard InChI is InChI=1S/C13H20N2O3/c1-15(2)7-8-17-9-10-18-13(16)11-3-5-12(14)6-4-11/h3-6H,7-10,14H2,1-2H3. The van der Waals surface area contributed by atoms with Crippen LogP contribution in [0.3, 0.4) is 0 Å². The van der Waals surface area contributed by atoms with Gasteiger partial charge in [0.15, 0.2) is 0 Å². The van der Waals surface area contributed by atoms with Crippen LogP contribution in [0.15, 0.2) is 24.3 Å². The van der Waals surface area contributed by atoms with Gasteiger partial charge in [0.05, 0.1) is 18.8 Å². The average Bonchev–Trinajstić information content (AvgIpc) is 2.34. The van der Waals surface area contributed by atoms with Crippen molar-refractivity contribution in [1.82, 2.24) is 4.90 Å². The molecular weight excluding hydrogens is 232 g/mol. The fourth-order valence-corrected chi connectivity index (χ4v) is 1.25. The van der Waals surface area contributed by atoms with E-state index in [1.165, 1.54) is 0 Å². The topological polar surface area (TPSA) is 64.8 Å². The van der Waals surface area contributed by atoms with Crippen molar-refractivity contribution in [3.05, 3.63) is 29.8 Å². The van der Waals surface area contributed by atoms with Gasteiger partial charge in [-0.15, -0.1) is 0 Å². The number of benzene rings is 1. The normalized spacial score (nSPS) is 10.6. The zero-order valence-corrected chi connectivity index (χ0v) is 10.9. The number of rotatable bonds is 7. The van der Waals surface area contributed by atoms with E-state index in [1.807, 2.05) is 19.0 Å². The zero-order valence-electron chi connectivity index (χ0n) is 10.9. The number of esters is 1. The van der Waals surface area contributed by atoms with Crippen molar-refractivity contribution in [3.63, 3.8) is 0 Å². The van der Waals surface area contributed by atoms with Gasteiger partial charge in [-0.3, -0.25) is 0 Å². The summed E-state index contributed by atoms with van der Waals surface area (Å²) in [6.07, 6.45) is 0. The Labute approximate surface area is 107 Å². The van der Waals surface area contributed by atoms with E-state index in [2.05, 4.69) is 0 Å². The van der Waals surface area contributed by atoms with Crippen LogP contribution in [-0.2, 0) is 9.47 Å². The van der Waals surface area contributed by atoms with Gasteiger partial charge in [-0.1, -0.05) is 0 Å². The minimum Gasteiger partial charge on any atom is -0.460 e. The molecule has 0 aliphatic heterocycles. The molecule has 1 aromatic carbocycles. The second kappa shape index (κ2) is 7.68. The van der Waals surface area contributed by atoms with E-state index >= 15 is 0 Å². The summed E-state index contributed by atoms with van der Waals surface area (Å²) in [6, 6.07) is 6.63. The van der Waals surface area contributed by atoms with E-state index in [-0.39, 0.29) is 12.6 Å². The predicted octanol–water partition coefficient (Wildman–Crippen LogP) is 1.00. The molecule has 1 aromatic rings. The molecule has 0 atom stereocenters. The molecule has 0 aliphatic rings. The summed E-state index contributed by atoms with van der Waals surface area (Å²) in [6.45, 7) is 2.16. The molecule has 0 heterocycles. The van der Waals surface area contributed by atoms with Crippen LogP contribution in [0.1, 0.15) is 10.4 Å². The van der Waals surface area contributed by atoms with E-state index in [9.17, 15) is 4.79 Å². The Morgan fingerprint density at radius 1 is 1.17 bits per heavy atom. The number of hydrogen-bond donors (Lipinski definition) is 1. The second-order valence-corrected chi connectivity index (χ2v) is 4.17. The monoisotopic (exact) mass is 252 g/mol. The Morgan fingerprint density at radius 3 is 2.44 bits per heavy atom.